The smallest absolute Gasteiger partial charge is 0.328 e. The molecule has 1 atom stereocenters. The first-order valence-electron chi connectivity index (χ1n) is 3.26. The number of carboxylic acids is 1. The van der Waals surface area contributed by atoms with E-state index in [9.17, 15) is 4.79 Å². The molecular weight excluding hydrogens is 226 g/mol. The van der Waals surface area contributed by atoms with Crippen molar-refractivity contribution in [3.8, 4) is 0 Å². The van der Waals surface area contributed by atoms with Gasteiger partial charge in [-0.15, -0.1) is 0 Å². The van der Waals surface area contributed by atoms with Crippen LogP contribution in [0.5, 0.6) is 0 Å². The molecule has 1 heterocycles. The monoisotopic (exact) mass is 233 g/mol. The summed E-state index contributed by atoms with van der Waals surface area (Å²) < 4.78 is 5.82. The number of halogens is 1. The van der Waals surface area contributed by atoms with E-state index in [-0.39, 0.29) is 5.76 Å². The molecule has 0 bridgehead atoms. The molecule has 0 radical (unpaired) electrons. The second-order valence-electron chi connectivity index (χ2n) is 2.37. The fourth-order valence-corrected chi connectivity index (χ4v) is 1.06. The second kappa shape index (κ2) is 3.28. The summed E-state index contributed by atoms with van der Waals surface area (Å²) in [5.74, 6) is -0.218. The van der Waals surface area contributed by atoms with Gasteiger partial charge in [-0.1, -0.05) is 0 Å². The first kappa shape index (κ1) is 9.28. The highest BCUT2D eigenvalue weighted by Crippen LogP contribution is 2.23. The molecule has 0 fully saturated rings. The summed E-state index contributed by atoms with van der Waals surface area (Å²) in [5.41, 5.74) is 5.31. The molecule has 0 unspecified atom stereocenters. The lowest BCUT2D eigenvalue weighted by atomic mass is 10.2. The Hall–Kier alpha value is -0.810. The third-order valence-corrected chi connectivity index (χ3v) is 2.24. The lowest BCUT2D eigenvalue weighted by Crippen LogP contribution is -2.19. The zero-order valence-corrected chi connectivity index (χ0v) is 7.96. The molecule has 0 saturated carbocycles. The van der Waals surface area contributed by atoms with E-state index in [0.29, 0.717) is 5.76 Å². The molecule has 0 spiro atoms. The predicted molar refractivity (Wildman–Crippen MR) is 45.7 cm³/mol. The molecular formula is C7H8BrNO3. The van der Waals surface area contributed by atoms with Crippen LogP contribution >= 0.6 is 15.9 Å². The molecule has 5 heteroatoms. The largest absolute Gasteiger partial charge is 0.480 e. The third kappa shape index (κ3) is 1.67. The van der Waals surface area contributed by atoms with Crippen LogP contribution in [-0.2, 0) is 4.79 Å². The highest BCUT2D eigenvalue weighted by atomic mass is 79.9. The second-order valence-corrected chi connectivity index (χ2v) is 3.22. The van der Waals surface area contributed by atoms with E-state index >= 15 is 0 Å². The minimum atomic E-state index is -1.10. The summed E-state index contributed by atoms with van der Waals surface area (Å²) >= 11 is 3.19. The van der Waals surface area contributed by atoms with Crippen LogP contribution in [0, 0.1) is 6.92 Å². The van der Waals surface area contributed by atoms with Crippen molar-refractivity contribution in [3.05, 3.63) is 22.1 Å². The standard InChI is InChI=1S/C7H8BrNO3/c1-3-4(8)2-5(12-3)6(9)7(10)11/h2,6H,9H2,1H3,(H,10,11)/t6-/m0/s1. The highest BCUT2D eigenvalue weighted by Gasteiger charge is 2.19. The van der Waals surface area contributed by atoms with Gasteiger partial charge in [-0.2, -0.15) is 0 Å². The number of carbonyl (C=O) groups is 1. The Morgan fingerprint density at radius 3 is 2.75 bits per heavy atom. The van der Waals surface area contributed by atoms with Crippen LogP contribution in [-0.4, -0.2) is 11.1 Å². The van der Waals surface area contributed by atoms with Crippen LogP contribution in [0.2, 0.25) is 0 Å². The number of aryl methyl sites for hydroxylation is 1. The van der Waals surface area contributed by atoms with Crippen LogP contribution in [0.1, 0.15) is 17.6 Å². The topological polar surface area (TPSA) is 76.5 Å². The summed E-state index contributed by atoms with van der Waals surface area (Å²) in [6.45, 7) is 1.72. The molecule has 0 aliphatic heterocycles. The average molecular weight is 234 g/mol. The van der Waals surface area contributed by atoms with Crippen LogP contribution < -0.4 is 5.73 Å². The van der Waals surface area contributed by atoms with Gasteiger partial charge in [0.2, 0.25) is 0 Å². The summed E-state index contributed by atoms with van der Waals surface area (Å²) in [4.78, 5) is 10.4. The number of aliphatic carboxylic acids is 1. The normalized spacial score (nSPS) is 12.9. The Morgan fingerprint density at radius 1 is 1.83 bits per heavy atom. The first-order valence-corrected chi connectivity index (χ1v) is 4.06. The SMILES string of the molecule is Cc1oc([C@H](N)C(=O)O)cc1Br. The van der Waals surface area contributed by atoms with Crippen LogP contribution in [0.15, 0.2) is 15.0 Å². The Bertz CT molecular complexity index is 288. The summed E-state index contributed by atoms with van der Waals surface area (Å²) in [7, 11) is 0. The molecule has 3 N–H and O–H groups in total. The van der Waals surface area contributed by atoms with Crippen molar-refractivity contribution in [3.63, 3.8) is 0 Å². The molecule has 0 saturated heterocycles. The number of hydrogen-bond acceptors (Lipinski definition) is 3. The quantitative estimate of drug-likeness (QED) is 0.811. The fourth-order valence-electron chi connectivity index (χ4n) is 0.756. The summed E-state index contributed by atoms with van der Waals surface area (Å²) in [6, 6.07) is 0.476. The van der Waals surface area contributed by atoms with Crippen molar-refractivity contribution in [1.82, 2.24) is 0 Å². The third-order valence-electron chi connectivity index (χ3n) is 1.45. The Labute approximate surface area is 77.5 Å². The zero-order chi connectivity index (χ0) is 9.30. The summed E-state index contributed by atoms with van der Waals surface area (Å²) in [5, 5.41) is 8.54. The fraction of sp³-hybridized carbons (Fsp3) is 0.286. The maximum absolute atomic E-state index is 10.4. The highest BCUT2D eigenvalue weighted by molar-refractivity contribution is 9.10. The molecule has 66 valence electrons. The van der Waals surface area contributed by atoms with Gasteiger partial charge in [-0.25, -0.2) is 0 Å². The number of furan rings is 1. The van der Waals surface area contributed by atoms with Gasteiger partial charge in [-0.3, -0.25) is 4.79 Å². The van der Waals surface area contributed by atoms with Gasteiger partial charge in [0.25, 0.3) is 0 Å². The van der Waals surface area contributed by atoms with Crippen molar-refractivity contribution in [2.45, 2.75) is 13.0 Å². The van der Waals surface area contributed by atoms with E-state index in [4.69, 9.17) is 15.3 Å². The van der Waals surface area contributed by atoms with E-state index in [1.165, 1.54) is 0 Å². The summed E-state index contributed by atoms with van der Waals surface area (Å²) in [6.07, 6.45) is 0. The van der Waals surface area contributed by atoms with E-state index in [0.717, 1.165) is 4.47 Å². The maximum Gasteiger partial charge on any atom is 0.328 e. The minimum absolute atomic E-state index is 0.256. The van der Waals surface area contributed by atoms with Crippen molar-refractivity contribution in [2.24, 2.45) is 5.73 Å². The van der Waals surface area contributed by atoms with E-state index in [1.54, 1.807) is 13.0 Å². The van der Waals surface area contributed by atoms with Gasteiger partial charge < -0.3 is 15.3 Å². The van der Waals surface area contributed by atoms with Crippen molar-refractivity contribution in [1.29, 1.82) is 0 Å². The molecule has 1 aromatic rings. The molecule has 0 amide bonds. The predicted octanol–water partition coefficient (Wildman–Crippen LogP) is 1.43. The van der Waals surface area contributed by atoms with Gasteiger partial charge in [0.05, 0.1) is 4.47 Å². The van der Waals surface area contributed by atoms with Gasteiger partial charge in [0.15, 0.2) is 6.04 Å². The van der Waals surface area contributed by atoms with E-state index in [1.807, 2.05) is 0 Å². The molecule has 12 heavy (non-hydrogen) atoms. The lowest BCUT2D eigenvalue weighted by Gasteiger charge is -1.99. The Morgan fingerprint density at radius 2 is 2.42 bits per heavy atom. The molecule has 0 aromatic carbocycles. The maximum atomic E-state index is 10.4. The number of hydrogen-bond donors (Lipinski definition) is 2. The Balaban J connectivity index is 2.96. The van der Waals surface area contributed by atoms with E-state index < -0.39 is 12.0 Å². The van der Waals surface area contributed by atoms with Crippen LogP contribution in [0.25, 0.3) is 0 Å². The van der Waals surface area contributed by atoms with Crippen molar-refractivity contribution >= 4 is 21.9 Å². The van der Waals surface area contributed by atoms with Gasteiger partial charge in [0, 0.05) is 0 Å². The Kier molecular flexibility index (Phi) is 2.54. The van der Waals surface area contributed by atoms with Crippen LogP contribution in [0.4, 0.5) is 0 Å². The van der Waals surface area contributed by atoms with Crippen molar-refractivity contribution in [2.75, 3.05) is 0 Å². The number of carboxylic acid groups (broad SMARTS) is 1. The number of nitrogens with two attached hydrogens (primary N) is 1. The first-order chi connectivity index (χ1) is 5.52. The van der Waals surface area contributed by atoms with Gasteiger partial charge in [-0.05, 0) is 28.9 Å². The van der Waals surface area contributed by atoms with E-state index in [2.05, 4.69) is 15.9 Å². The molecule has 0 aliphatic carbocycles. The average Bonchev–Trinajstić information content (AvgIpc) is 2.30. The molecule has 4 nitrogen and oxygen atoms in total. The molecule has 0 aliphatic rings. The number of rotatable bonds is 2. The van der Waals surface area contributed by atoms with Gasteiger partial charge >= 0.3 is 5.97 Å². The van der Waals surface area contributed by atoms with Gasteiger partial charge in [0.1, 0.15) is 11.5 Å². The van der Waals surface area contributed by atoms with Crippen molar-refractivity contribution < 1.29 is 14.3 Å². The minimum Gasteiger partial charge on any atom is -0.480 e. The lowest BCUT2D eigenvalue weighted by molar-refractivity contribution is -0.139. The van der Waals surface area contributed by atoms with Crippen LogP contribution in [0.3, 0.4) is 0 Å². The molecule has 1 rings (SSSR count). The molecule has 1 aromatic heterocycles. The zero-order valence-electron chi connectivity index (χ0n) is 6.37.